The van der Waals surface area contributed by atoms with Crippen LogP contribution in [0.5, 0.6) is 0 Å². The van der Waals surface area contributed by atoms with Gasteiger partial charge in [-0.25, -0.2) is 9.78 Å². The summed E-state index contributed by atoms with van der Waals surface area (Å²) in [7, 11) is 0. The number of rotatable bonds is 3. The van der Waals surface area contributed by atoms with Gasteiger partial charge < -0.3 is 10.6 Å². The summed E-state index contributed by atoms with van der Waals surface area (Å²) in [5.74, 6) is -0.229. The van der Waals surface area contributed by atoms with Gasteiger partial charge in [0.1, 0.15) is 5.65 Å². The number of anilines is 2. The van der Waals surface area contributed by atoms with Gasteiger partial charge in [0, 0.05) is 39.7 Å². The minimum absolute atomic E-state index is 0.229. The lowest BCUT2D eigenvalue weighted by Crippen LogP contribution is -2.20. The molecule has 6 nitrogen and oxygen atoms in total. The number of aromatic nitrogens is 2. The Hall–Kier alpha value is -3.64. The van der Waals surface area contributed by atoms with E-state index >= 15 is 0 Å². The number of amides is 2. The summed E-state index contributed by atoms with van der Waals surface area (Å²) in [6.07, 6.45) is 3.33. The molecule has 0 fully saturated rings. The maximum atomic E-state index is 12.9. The lowest BCUT2D eigenvalue weighted by molar-refractivity contribution is 0.0964. The maximum absolute atomic E-state index is 12.9. The zero-order chi connectivity index (χ0) is 19.5. The van der Waals surface area contributed by atoms with Crippen molar-refractivity contribution in [3.8, 4) is 0 Å². The smallest absolute Gasteiger partial charge is 0.308 e. The molecule has 2 amide bonds. The third-order valence-electron chi connectivity index (χ3n) is 4.12. The average molecular weight is 391 g/mol. The quantitative estimate of drug-likeness (QED) is 0.515. The molecule has 2 aromatic heterocycles. The first kappa shape index (κ1) is 17.8. The van der Waals surface area contributed by atoms with Crippen LogP contribution in [0.25, 0.3) is 11.0 Å². The first-order valence-electron chi connectivity index (χ1n) is 8.50. The largest absolute Gasteiger partial charge is 0.323 e. The SMILES string of the molecule is O=C(Nc1cccc(Cl)c1)Nc1cccc(C(=O)n2ccc3cccnc32)c1. The van der Waals surface area contributed by atoms with Crippen molar-refractivity contribution in [1.29, 1.82) is 0 Å². The van der Waals surface area contributed by atoms with Gasteiger partial charge in [0.05, 0.1) is 0 Å². The molecule has 0 aliphatic rings. The molecule has 0 atom stereocenters. The van der Waals surface area contributed by atoms with Gasteiger partial charge in [0.25, 0.3) is 5.91 Å². The van der Waals surface area contributed by atoms with Crippen molar-refractivity contribution in [2.75, 3.05) is 10.6 Å². The van der Waals surface area contributed by atoms with E-state index in [-0.39, 0.29) is 5.91 Å². The lowest BCUT2D eigenvalue weighted by atomic mass is 10.2. The van der Waals surface area contributed by atoms with Crippen LogP contribution >= 0.6 is 11.6 Å². The van der Waals surface area contributed by atoms with Crippen LogP contribution in [0.1, 0.15) is 10.4 Å². The molecule has 2 aromatic carbocycles. The van der Waals surface area contributed by atoms with Gasteiger partial charge >= 0.3 is 6.03 Å². The standard InChI is InChI=1S/C21H15ClN4O2/c22-16-6-2-8-18(13-16)25-21(28)24-17-7-1-4-15(12-17)20(27)26-11-9-14-5-3-10-23-19(14)26/h1-13H,(H2,24,25,28). The number of urea groups is 1. The molecule has 138 valence electrons. The van der Waals surface area contributed by atoms with E-state index in [4.69, 9.17) is 11.6 Å². The Morgan fingerprint density at radius 3 is 2.43 bits per heavy atom. The third kappa shape index (κ3) is 3.72. The van der Waals surface area contributed by atoms with Crippen LogP contribution in [0.2, 0.25) is 5.02 Å². The van der Waals surface area contributed by atoms with E-state index in [1.807, 2.05) is 18.2 Å². The van der Waals surface area contributed by atoms with Crippen molar-refractivity contribution < 1.29 is 9.59 Å². The number of pyridine rings is 1. The molecular weight excluding hydrogens is 376 g/mol. The van der Waals surface area contributed by atoms with E-state index in [1.165, 1.54) is 4.57 Å². The number of hydrogen-bond acceptors (Lipinski definition) is 3. The van der Waals surface area contributed by atoms with Crippen LogP contribution in [0.4, 0.5) is 16.2 Å². The molecule has 0 spiro atoms. The first-order valence-corrected chi connectivity index (χ1v) is 8.88. The highest BCUT2D eigenvalue weighted by Crippen LogP contribution is 2.18. The Morgan fingerprint density at radius 2 is 1.64 bits per heavy atom. The summed E-state index contributed by atoms with van der Waals surface area (Å²) in [6, 6.07) is 18.7. The van der Waals surface area contributed by atoms with E-state index in [1.54, 1.807) is 60.9 Å². The maximum Gasteiger partial charge on any atom is 0.323 e. The van der Waals surface area contributed by atoms with Crippen LogP contribution in [0.15, 0.2) is 79.1 Å². The zero-order valence-corrected chi connectivity index (χ0v) is 15.4. The van der Waals surface area contributed by atoms with Crippen molar-refractivity contribution in [1.82, 2.24) is 9.55 Å². The van der Waals surface area contributed by atoms with E-state index in [2.05, 4.69) is 15.6 Å². The van der Waals surface area contributed by atoms with Crippen molar-refractivity contribution >= 4 is 45.9 Å². The number of nitrogens with one attached hydrogen (secondary N) is 2. The predicted molar refractivity (Wildman–Crippen MR) is 110 cm³/mol. The van der Waals surface area contributed by atoms with Gasteiger partial charge in [-0.05, 0) is 54.6 Å². The van der Waals surface area contributed by atoms with Crippen molar-refractivity contribution in [2.45, 2.75) is 0 Å². The van der Waals surface area contributed by atoms with Gasteiger partial charge in [-0.1, -0.05) is 23.7 Å². The summed E-state index contributed by atoms with van der Waals surface area (Å²) < 4.78 is 1.49. The Bertz CT molecular complexity index is 1190. The number of hydrogen-bond donors (Lipinski definition) is 2. The minimum atomic E-state index is -0.431. The second kappa shape index (κ2) is 7.54. The fourth-order valence-corrected chi connectivity index (χ4v) is 3.05. The van der Waals surface area contributed by atoms with Crippen LogP contribution in [-0.2, 0) is 0 Å². The van der Waals surface area contributed by atoms with Crippen LogP contribution < -0.4 is 10.6 Å². The number of carbonyl (C=O) groups is 2. The summed E-state index contributed by atoms with van der Waals surface area (Å²) in [5, 5.41) is 6.82. The Labute approximate surface area is 165 Å². The Balaban J connectivity index is 1.52. The molecule has 2 N–H and O–H groups in total. The first-order chi connectivity index (χ1) is 13.6. The summed E-state index contributed by atoms with van der Waals surface area (Å²) in [4.78, 5) is 29.3. The second-order valence-corrected chi connectivity index (χ2v) is 6.51. The fourth-order valence-electron chi connectivity index (χ4n) is 2.86. The molecule has 0 saturated heterocycles. The molecule has 0 radical (unpaired) electrons. The topological polar surface area (TPSA) is 76.0 Å². The molecule has 0 aliphatic heterocycles. The van der Waals surface area contributed by atoms with E-state index < -0.39 is 6.03 Å². The third-order valence-corrected chi connectivity index (χ3v) is 4.35. The number of fused-ring (bicyclic) bond motifs is 1. The average Bonchev–Trinajstić information content (AvgIpc) is 3.11. The van der Waals surface area contributed by atoms with Crippen molar-refractivity contribution in [3.05, 3.63) is 89.7 Å². The summed E-state index contributed by atoms with van der Waals surface area (Å²) in [6.45, 7) is 0. The fraction of sp³-hybridized carbons (Fsp3) is 0. The molecule has 0 unspecified atom stereocenters. The number of nitrogens with zero attached hydrogens (tertiary/aromatic N) is 2. The highest BCUT2D eigenvalue weighted by molar-refractivity contribution is 6.30. The van der Waals surface area contributed by atoms with Crippen molar-refractivity contribution in [3.63, 3.8) is 0 Å². The zero-order valence-electron chi connectivity index (χ0n) is 14.6. The molecule has 4 rings (SSSR count). The highest BCUT2D eigenvalue weighted by Gasteiger charge is 2.13. The second-order valence-electron chi connectivity index (χ2n) is 6.08. The van der Waals surface area contributed by atoms with E-state index in [0.29, 0.717) is 27.6 Å². The number of halogens is 1. The van der Waals surface area contributed by atoms with E-state index in [0.717, 1.165) is 5.39 Å². The van der Waals surface area contributed by atoms with Crippen LogP contribution in [0.3, 0.4) is 0 Å². The van der Waals surface area contributed by atoms with Gasteiger partial charge in [0.2, 0.25) is 0 Å². The molecule has 2 heterocycles. The van der Waals surface area contributed by atoms with Crippen LogP contribution in [-0.4, -0.2) is 21.5 Å². The summed E-state index contributed by atoms with van der Waals surface area (Å²) in [5.41, 5.74) is 2.09. The van der Waals surface area contributed by atoms with E-state index in [9.17, 15) is 9.59 Å². The normalized spacial score (nSPS) is 10.6. The van der Waals surface area contributed by atoms with Crippen molar-refractivity contribution in [2.24, 2.45) is 0 Å². The Morgan fingerprint density at radius 1 is 0.893 bits per heavy atom. The number of carbonyl (C=O) groups excluding carboxylic acids is 2. The minimum Gasteiger partial charge on any atom is -0.308 e. The van der Waals surface area contributed by atoms with Gasteiger partial charge in [-0.15, -0.1) is 0 Å². The number of benzene rings is 2. The van der Waals surface area contributed by atoms with Crippen LogP contribution in [0, 0.1) is 0 Å². The molecular formula is C21H15ClN4O2. The highest BCUT2D eigenvalue weighted by atomic mass is 35.5. The molecule has 0 saturated carbocycles. The van der Waals surface area contributed by atoms with Gasteiger partial charge in [-0.3, -0.25) is 9.36 Å². The lowest BCUT2D eigenvalue weighted by Gasteiger charge is -2.09. The summed E-state index contributed by atoms with van der Waals surface area (Å²) >= 11 is 5.92. The molecule has 28 heavy (non-hydrogen) atoms. The molecule has 0 bridgehead atoms. The Kier molecular flexibility index (Phi) is 4.78. The molecule has 0 aliphatic carbocycles. The molecule has 4 aromatic rings. The molecule has 7 heteroatoms. The predicted octanol–water partition coefficient (Wildman–Crippen LogP) is 5.02. The monoisotopic (exact) mass is 390 g/mol. The van der Waals surface area contributed by atoms with Gasteiger partial charge in [-0.2, -0.15) is 0 Å². The van der Waals surface area contributed by atoms with Gasteiger partial charge in [0.15, 0.2) is 0 Å².